The van der Waals surface area contributed by atoms with Gasteiger partial charge in [0.2, 0.25) is 0 Å². The second-order valence-electron chi connectivity index (χ2n) is 4.09. The molecule has 0 amide bonds. The fourth-order valence-electron chi connectivity index (χ4n) is 1.76. The van der Waals surface area contributed by atoms with Crippen LogP contribution in [0.25, 0.3) is 0 Å². The van der Waals surface area contributed by atoms with E-state index < -0.39 is 10.0 Å². The average Bonchev–Trinajstić information content (AvgIpc) is 2.74. The van der Waals surface area contributed by atoms with Gasteiger partial charge in [-0.25, -0.2) is 0 Å². The van der Waals surface area contributed by atoms with Crippen LogP contribution in [0.4, 0.5) is 0 Å². The molecule has 0 fully saturated rings. The predicted octanol–water partition coefficient (Wildman–Crippen LogP) is 1.54. The highest BCUT2D eigenvalue weighted by Gasteiger charge is 2.26. The topological polar surface area (TPSA) is 69.8 Å². The summed E-state index contributed by atoms with van der Waals surface area (Å²) in [5.74, 6) is 0. The van der Waals surface area contributed by atoms with Crippen LogP contribution in [0.5, 0.6) is 0 Å². The Morgan fingerprint density at radius 3 is 2.17 bits per heavy atom. The Hall–Kier alpha value is -1.15. The number of hydrogen-bond acceptors (Lipinski definition) is 4. The van der Waals surface area contributed by atoms with E-state index in [4.69, 9.17) is 0 Å². The standard InChI is InChI=1S/C10H13BrN4O2S/c1-6-9(5-14(4)12-6)18(16,17)15-8(3)10(11)7(2)13-15/h5H,1-4H3. The second-order valence-corrected chi connectivity index (χ2v) is 6.61. The summed E-state index contributed by atoms with van der Waals surface area (Å²) in [6, 6.07) is 0. The summed E-state index contributed by atoms with van der Waals surface area (Å²) in [4.78, 5) is 0.170. The summed E-state index contributed by atoms with van der Waals surface area (Å²) < 4.78 is 28.2. The summed E-state index contributed by atoms with van der Waals surface area (Å²) in [6.07, 6.45) is 1.48. The van der Waals surface area contributed by atoms with Crippen molar-refractivity contribution in [2.75, 3.05) is 0 Å². The van der Waals surface area contributed by atoms with Crippen LogP contribution in [0.1, 0.15) is 17.1 Å². The highest BCUT2D eigenvalue weighted by molar-refractivity contribution is 9.10. The molecule has 0 aliphatic rings. The van der Waals surface area contributed by atoms with Crippen molar-refractivity contribution in [1.82, 2.24) is 19.0 Å². The lowest BCUT2D eigenvalue weighted by Gasteiger charge is -2.04. The third-order valence-corrected chi connectivity index (χ3v) is 5.55. The first-order valence-corrected chi connectivity index (χ1v) is 7.46. The Labute approximate surface area is 114 Å². The van der Waals surface area contributed by atoms with Crippen molar-refractivity contribution in [2.24, 2.45) is 7.05 Å². The molecule has 8 heteroatoms. The first-order chi connectivity index (χ1) is 8.25. The van der Waals surface area contributed by atoms with E-state index in [1.54, 1.807) is 27.8 Å². The fraction of sp³-hybridized carbons (Fsp3) is 0.400. The maximum absolute atomic E-state index is 12.5. The molecular weight excluding hydrogens is 320 g/mol. The third-order valence-electron chi connectivity index (χ3n) is 2.64. The maximum Gasteiger partial charge on any atom is 0.286 e. The van der Waals surface area contributed by atoms with E-state index in [9.17, 15) is 8.42 Å². The molecule has 0 spiro atoms. The summed E-state index contributed by atoms with van der Waals surface area (Å²) in [5.41, 5.74) is 1.65. The number of hydrogen-bond donors (Lipinski definition) is 0. The molecule has 0 aliphatic carbocycles. The molecule has 6 nitrogen and oxygen atoms in total. The Balaban J connectivity index is 2.69. The maximum atomic E-state index is 12.5. The first-order valence-electron chi connectivity index (χ1n) is 5.22. The molecule has 0 saturated heterocycles. The van der Waals surface area contributed by atoms with E-state index in [2.05, 4.69) is 26.1 Å². The van der Waals surface area contributed by atoms with Gasteiger partial charge in [0, 0.05) is 13.2 Å². The van der Waals surface area contributed by atoms with Gasteiger partial charge >= 0.3 is 0 Å². The van der Waals surface area contributed by atoms with Gasteiger partial charge in [0.25, 0.3) is 10.0 Å². The fourth-order valence-corrected chi connectivity index (χ4v) is 3.69. The van der Waals surface area contributed by atoms with Gasteiger partial charge in [-0.2, -0.15) is 22.7 Å². The molecule has 98 valence electrons. The van der Waals surface area contributed by atoms with E-state index in [0.717, 1.165) is 4.09 Å². The third kappa shape index (κ3) is 1.89. The quantitative estimate of drug-likeness (QED) is 0.836. The Bertz CT molecular complexity index is 715. The van der Waals surface area contributed by atoms with E-state index >= 15 is 0 Å². The van der Waals surface area contributed by atoms with Crippen LogP contribution >= 0.6 is 15.9 Å². The van der Waals surface area contributed by atoms with Crippen LogP contribution in [0.2, 0.25) is 0 Å². The Kier molecular flexibility index (Phi) is 3.10. The Morgan fingerprint density at radius 1 is 1.17 bits per heavy atom. The summed E-state index contributed by atoms with van der Waals surface area (Å²) in [5, 5.41) is 8.10. The van der Waals surface area contributed by atoms with Gasteiger partial charge in [-0.05, 0) is 36.7 Å². The summed E-state index contributed by atoms with van der Waals surface area (Å²) in [7, 11) is -2.01. The van der Waals surface area contributed by atoms with Crippen LogP contribution in [0.15, 0.2) is 15.6 Å². The van der Waals surface area contributed by atoms with Crippen molar-refractivity contribution in [2.45, 2.75) is 25.7 Å². The van der Waals surface area contributed by atoms with Crippen LogP contribution in [-0.2, 0) is 17.1 Å². The largest absolute Gasteiger partial charge is 0.286 e. The molecule has 2 aromatic heterocycles. The van der Waals surface area contributed by atoms with E-state index in [1.807, 2.05) is 0 Å². The second kappa shape index (κ2) is 4.20. The molecule has 0 aliphatic heterocycles. The minimum Gasteiger partial charge on any atom is -0.274 e. The van der Waals surface area contributed by atoms with Crippen molar-refractivity contribution in [3.8, 4) is 0 Å². The van der Waals surface area contributed by atoms with Gasteiger partial charge in [-0.1, -0.05) is 0 Å². The molecule has 2 heterocycles. The molecule has 0 aromatic carbocycles. The zero-order chi connectivity index (χ0) is 13.7. The molecule has 2 rings (SSSR count). The van der Waals surface area contributed by atoms with Gasteiger partial charge in [-0.3, -0.25) is 4.68 Å². The summed E-state index contributed by atoms with van der Waals surface area (Å²) >= 11 is 3.32. The minimum atomic E-state index is -3.69. The van der Waals surface area contributed by atoms with E-state index in [0.29, 0.717) is 21.6 Å². The molecule has 0 unspecified atom stereocenters. The normalized spacial score (nSPS) is 12.1. The van der Waals surface area contributed by atoms with Gasteiger partial charge in [0.1, 0.15) is 4.90 Å². The van der Waals surface area contributed by atoms with Crippen molar-refractivity contribution in [3.05, 3.63) is 27.8 Å². The van der Waals surface area contributed by atoms with Crippen LogP contribution in [0, 0.1) is 20.8 Å². The van der Waals surface area contributed by atoms with Crippen LogP contribution < -0.4 is 0 Å². The summed E-state index contributed by atoms with van der Waals surface area (Å²) in [6.45, 7) is 5.11. The lowest BCUT2D eigenvalue weighted by atomic mass is 10.4. The first kappa shape index (κ1) is 13.3. The van der Waals surface area contributed by atoms with Crippen LogP contribution in [0.3, 0.4) is 0 Å². The number of aromatic nitrogens is 4. The van der Waals surface area contributed by atoms with Gasteiger partial charge in [0.15, 0.2) is 0 Å². The molecule has 0 bridgehead atoms. The van der Waals surface area contributed by atoms with E-state index in [-0.39, 0.29) is 4.90 Å². The van der Waals surface area contributed by atoms with Crippen molar-refractivity contribution in [1.29, 1.82) is 0 Å². The van der Waals surface area contributed by atoms with E-state index in [1.165, 1.54) is 10.9 Å². The zero-order valence-corrected chi connectivity index (χ0v) is 12.9. The lowest BCUT2D eigenvalue weighted by Crippen LogP contribution is -2.16. The molecule has 0 atom stereocenters. The average molecular weight is 333 g/mol. The molecule has 0 saturated carbocycles. The number of aryl methyl sites for hydroxylation is 3. The molecule has 0 radical (unpaired) electrons. The SMILES string of the molecule is Cc1nn(C)cc1S(=O)(=O)n1nc(C)c(Br)c1C. The molecular formula is C10H13BrN4O2S. The Morgan fingerprint density at radius 2 is 1.78 bits per heavy atom. The number of halogens is 1. The van der Waals surface area contributed by atoms with Crippen molar-refractivity contribution in [3.63, 3.8) is 0 Å². The molecule has 18 heavy (non-hydrogen) atoms. The minimum absolute atomic E-state index is 0.170. The molecule has 0 N–H and O–H groups in total. The van der Waals surface area contributed by atoms with Gasteiger partial charge in [0.05, 0.1) is 21.6 Å². The highest BCUT2D eigenvalue weighted by Crippen LogP contribution is 2.24. The highest BCUT2D eigenvalue weighted by atomic mass is 79.9. The van der Waals surface area contributed by atoms with Crippen molar-refractivity contribution < 1.29 is 8.42 Å². The number of rotatable bonds is 2. The lowest BCUT2D eigenvalue weighted by molar-refractivity contribution is 0.577. The van der Waals surface area contributed by atoms with Gasteiger partial charge < -0.3 is 0 Å². The smallest absolute Gasteiger partial charge is 0.274 e. The predicted molar refractivity (Wildman–Crippen MR) is 69.9 cm³/mol. The van der Waals surface area contributed by atoms with Gasteiger partial charge in [-0.15, -0.1) is 0 Å². The van der Waals surface area contributed by atoms with Crippen molar-refractivity contribution >= 4 is 26.0 Å². The zero-order valence-electron chi connectivity index (χ0n) is 10.5. The molecule has 2 aromatic rings. The van der Waals surface area contributed by atoms with Crippen LogP contribution in [-0.4, -0.2) is 27.4 Å². The number of nitrogens with zero attached hydrogens (tertiary/aromatic N) is 4. The monoisotopic (exact) mass is 332 g/mol.